The van der Waals surface area contributed by atoms with Crippen molar-refractivity contribution in [1.82, 2.24) is 0 Å². The van der Waals surface area contributed by atoms with Gasteiger partial charge in [0.25, 0.3) is 0 Å². The highest BCUT2D eigenvalue weighted by Gasteiger charge is 2.34. The number of carboxylic acid groups (broad SMARTS) is 1. The average Bonchev–Trinajstić information content (AvgIpc) is 2.76. The van der Waals surface area contributed by atoms with Crippen molar-refractivity contribution in [3.63, 3.8) is 0 Å². The minimum Gasteiger partial charge on any atom is -0.484 e. The van der Waals surface area contributed by atoms with Crippen LogP contribution < -0.4 is 0 Å². The summed E-state index contributed by atoms with van der Waals surface area (Å²) in [5.74, 6) is -0.892. The van der Waals surface area contributed by atoms with E-state index in [0.717, 1.165) is 19.6 Å². The lowest BCUT2D eigenvalue weighted by Crippen LogP contribution is -2.37. The largest absolute Gasteiger partial charge is 0.484 e. The van der Waals surface area contributed by atoms with E-state index in [9.17, 15) is 4.79 Å². The maximum absolute atomic E-state index is 10.5. The summed E-state index contributed by atoms with van der Waals surface area (Å²) in [6, 6.07) is 0. The standard InChI is InChI=1S/C7H10O3.C4H8O/c1-7(6(8)9)4-2-3-5-10-7;1-2-4-5-3-1/h3,5H,2,4H2,1H3,(H,8,9);1-4H2. The molecule has 1 atom stereocenters. The maximum atomic E-state index is 10.5. The van der Waals surface area contributed by atoms with Crippen molar-refractivity contribution in [1.29, 1.82) is 0 Å². The van der Waals surface area contributed by atoms with Crippen LogP contribution in [-0.2, 0) is 14.3 Å². The van der Waals surface area contributed by atoms with Crippen molar-refractivity contribution in [2.24, 2.45) is 0 Å². The fraction of sp³-hybridized carbons (Fsp3) is 0.727. The van der Waals surface area contributed by atoms with E-state index in [2.05, 4.69) is 0 Å². The lowest BCUT2D eigenvalue weighted by molar-refractivity contribution is -0.158. The van der Waals surface area contributed by atoms with Crippen molar-refractivity contribution in [2.75, 3.05) is 13.2 Å². The Bertz CT molecular complexity index is 225. The molecule has 0 aromatic carbocycles. The van der Waals surface area contributed by atoms with Gasteiger partial charge in [0.15, 0.2) is 0 Å². The molecule has 1 fully saturated rings. The molecular formula is C11H18O4. The summed E-state index contributed by atoms with van der Waals surface area (Å²) in [5, 5.41) is 8.64. The van der Waals surface area contributed by atoms with E-state index >= 15 is 0 Å². The lowest BCUT2D eigenvalue weighted by Gasteiger charge is -2.26. The molecule has 0 bridgehead atoms. The molecule has 4 nitrogen and oxygen atoms in total. The zero-order valence-corrected chi connectivity index (χ0v) is 9.07. The fourth-order valence-electron chi connectivity index (χ4n) is 1.35. The van der Waals surface area contributed by atoms with Crippen molar-refractivity contribution >= 4 is 5.97 Å². The first-order chi connectivity index (χ1) is 7.15. The van der Waals surface area contributed by atoms with E-state index in [-0.39, 0.29) is 0 Å². The molecule has 86 valence electrons. The zero-order chi connectivity index (χ0) is 11.1. The third kappa shape index (κ3) is 3.91. The summed E-state index contributed by atoms with van der Waals surface area (Å²) in [5.41, 5.74) is -0.991. The van der Waals surface area contributed by atoms with Gasteiger partial charge in [-0.3, -0.25) is 0 Å². The van der Waals surface area contributed by atoms with Gasteiger partial charge in [0.05, 0.1) is 6.26 Å². The number of ether oxygens (including phenoxy) is 2. The van der Waals surface area contributed by atoms with Crippen molar-refractivity contribution in [2.45, 2.75) is 38.2 Å². The van der Waals surface area contributed by atoms with E-state index in [1.165, 1.54) is 19.1 Å². The van der Waals surface area contributed by atoms with Crippen LogP contribution in [0.15, 0.2) is 12.3 Å². The Hall–Kier alpha value is -1.03. The molecule has 0 spiro atoms. The van der Waals surface area contributed by atoms with Crippen LogP contribution in [0, 0.1) is 0 Å². The predicted octanol–water partition coefficient (Wildman–Crippen LogP) is 1.95. The van der Waals surface area contributed by atoms with Gasteiger partial charge in [-0.1, -0.05) is 0 Å². The number of carbonyl (C=O) groups is 1. The Morgan fingerprint density at radius 3 is 2.33 bits per heavy atom. The van der Waals surface area contributed by atoms with Gasteiger partial charge in [-0.05, 0) is 32.3 Å². The van der Waals surface area contributed by atoms with Gasteiger partial charge in [-0.2, -0.15) is 0 Å². The Morgan fingerprint density at radius 2 is 2.07 bits per heavy atom. The molecule has 0 amide bonds. The second-order valence-electron chi connectivity index (χ2n) is 3.88. The normalized spacial score (nSPS) is 28.9. The molecule has 4 heteroatoms. The van der Waals surface area contributed by atoms with Gasteiger partial charge >= 0.3 is 5.97 Å². The first-order valence-corrected chi connectivity index (χ1v) is 5.29. The third-order valence-corrected chi connectivity index (χ3v) is 2.49. The molecule has 2 aliphatic rings. The molecule has 1 N–H and O–H groups in total. The number of aliphatic carboxylic acids is 1. The van der Waals surface area contributed by atoms with Crippen LogP contribution in [0.3, 0.4) is 0 Å². The molecule has 0 aliphatic carbocycles. The average molecular weight is 214 g/mol. The first kappa shape index (κ1) is 12.0. The van der Waals surface area contributed by atoms with Gasteiger partial charge in [0.2, 0.25) is 5.60 Å². The smallest absolute Gasteiger partial charge is 0.347 e. The van der Waals surface area contributed by atoms with Crippen LogP contribution in [-0.4, -0.2) is 29.9 Å². The molecule has 0 aromatic heterocycles. The topological polar surface area (TPSA) is 55.8 Å². The Labute approximate surface area is 89.9 Å². The quantitative estimate of drug-likeness (QED) is 0.724. The van der Waals surface area contributed by atoms with E-state index < -0.39 is 11.6 Å². The number of allylic oxidation sites excluding steroid dienone is 1. The van der Waals surface area contributed by atoms with Crippen LogP contribution in [0.25, 0.3) is 0 Å². The Balaban J connectivity index is 0.000000187. The molecule has 0 radical (unpaired) electrons. The van der Waals surface area contributed by atoms with Gasteiger partial charge < -0.3 is 14.6 Å². The summed E-state index contributed by atoms with van der Waals surface area (Å²) in [6.07, 6.45) is 7.17. The summed E-state index contributed by atoms with van der Waals surface area (Å²) >= 11 is 0. The molecule has 2 rings (SSSR count). The summed E-state index contributed by atoms with van der Waals surface area (Å²) in [7, 11) is 0. The van der Waals surface area contributed by atoms with Crippen molar-refractivity contribution < 1.29 is 19.4 Å². The minimum atomic E-state index is -0.991. The molecule has 0 saturated carbocycles. The summed E-state index contributed by atoms with van der Waals surface area (Å²) < 4.78 is 9.89. The zero-order valence-electron chi connectivity index (χ0n) is 9.07. The van der Waals surface area contributed by atoms with E-state index in [4.69, 9.17) is 14.6 Å². The van der Waals surface area contributed by atoms with Gasteiger partial charge in [-0.15, -0.1) is 0 Å². The van der Waals surface area contributed by atoms with Crippen molar-refractivity contribution in [3.8, 4) is 0 Å². The van der Waals surface area contributed by atoms with Crippen LogP contribution in [0.4, 0.5) is 0 Å². The molecule has 2 aliphatic heterocycles. The second-order valence-corrected chi connectivity index (χ2v) is 3.88. The van der Waals surface area contributed by atoms with Crippen LogP contribution in [0.1, 0.15) is 32.6 Å². The highest BCUT2D eigenvalue weighted by atomic mass is 16.5. The molecule has 15 heavy (non-hydrogen) atoms. The van der Waals surface area contributed by atoms with E-state index in [1.54, 1.807) is 6.92 Å². The van der Waals surface area contributed by atoms with Crippen LogP contribution in [0.5, 0.6) is 0 Å². The van der Waals surface area contributed by atoms with Crippen LogP contribution in [0.2, 0.25) is 0 Å². The highest BCUT2D eigenvalue weighted by Crippen LogP contribution is 2.22. The van der Waals surface area contributed by atoms with E-state index in [0.29, 0.717) is 6.42 Å². The lowest BCUT2D eigenvalue weighted by atomic mass is 9.99. The number of hydrogen-bond acceptors (Lipinski definition) is 3. The third-order valence-electron chi connectivity index (χ3n) is 2.49. The number of carboxylic acids is 1. The van der Waals surface area contributed by atoms with Gasteiger partial charge in [0, 0.05) is 19.6 Å². The maximum Gasteiger partial charge on any atom is 0.347 e. The summed E-state index contributed by atoms with van der Waals surface area (Å²) in [4.78, 5) is 10.5. The number of rotatable bonds is 1. The minimum absolute atomic E-state index is 0.554. The SMILES string of the molecule is C1CCOC1.CC1(C(=O)O)CCC=CO1. The molecule has 1 saturated heterocycles. The number of hydrogen-bond donors (Lipinski definition) is 1. The Kier molecular flexibility index (Phi) is 4.62. The highest BCUT2D eigenvalue weighted by molar-refractivity contribution is 5.77. The van der Waals surface area contributed by atoms with Gasteiger partial charge in [-0.25, -0.2) is 4.79 Å². The molecule has 0 aromatic rings. The second kappa shape index (κ2) is 5.75. The molecule has 1 unspecified atom stereocenters. The fourth-order valence-corrected chi connectivity index (χ4v) is 1.35. The van der Waals surface area contributed by atoms with E-state index in [1.807, 2.05) is 6.08 Å². The monoisotopic (exact) mass is 214 g/mol. The summed E-state index contributed by atoms with van der Waals surface area (Å²) in [6.45, 7) is 3.58. The predicted molar refractivity (Wildman–Crippen MR) is 55.6 cm³/mol. The molecule has 2 heterocycles. The van der Waals surface area contributed by atoms with Crippen molar-refractivity contribution in [3.05, 3.63) is 12.3 Å². The first-order valence-electron chi connectivity index (χ1n) is 5.29. The molecular weight excluding hydrogens is 196 g/mol. The Morgan fingerprint density at radius 1 is 1.40 bits per heavy atom. The van der Waals surface area contributed by atoms with Gasteiger partial charge in [0.1, 0.15) is 0 Å². The van der Waals surface area contributed by atoms with Crippen LogP contribution >= 0.6 is 0 Å².